The lowest BCUT2D eigenvalue weighted by Crippen LogP contribution is -2.36. The fourth-order valence-electron chi connectivity index (χ4n) is 3.16. The lowest BCUT2D eigenvalue weighted by Gasteiger charge is -2.36. The van der Waals surface area contributed by atoms with Gasteiger partial charge in [0.15, 0.2) is 0 Å². The van der Waals surface area contributed by atoms with Gasteiger partial charge in [-0.2, -0.15) is 5.10 Å². The van der Waals surface area contributed by atoms with Crippen molar-refractivity contribution in [2.45, 2.75) is 43.6 Å². The van der Waals surface area contributed by atoms with Crippen molar-refractivity contribution in [3.8, 4) is 0 Å². The Bertz CT molecular complexity index is 556. The quantitative estimate of drug-likeness (QED) is 0.933. The molecule has 106 valence electrons. The Morgan fingerprint density at radius 2 is 1.95 bits per heavy atom. The molecule has 1 aliphatic rings. The first-order chi connectivity index (χ1) is 9.66. The Morgan fingerprint density at radius 3 is 2.55 bits per heavy atom. The van der Waals surface area contributed by atoms with Gasteiger partial charge in [-0.3, -0.25) is 4.68 Å². The molecule has 1 N–H and O–H groups in total. The maximum Gasteiger partial charge on any atom is 0.138 e. The molecule has 0 amide bonds. The van der Waals surface area contributed by atoms with Crippen molar-refractivity contribution < 1.29 is 5.11 Å². The van der Waals surface area contributed by atoms with Gasteiger partial charge in [0.25, 0.3) is 0 Å². The maximum absolute atomic E-state index is 10.8. The molecule has 0 bridgehead atoms. The summed E-state index contributed by atoms with van der Waals surface area (Å²) >= 11 is 0. The zero-order chi connectivity index (χ0) is 14.0. The van der Waals surface area contributed by atoms with Gasteiger partial charge in [0, 0.05) is 13.5 Å². The van der Waals surface area contributed by atoms with Gasteiger partial charge < -0.3 is 5.11 Å². The number of hydrogen-bond donors (Lipinski definition) is 1. The average molecular weight is 271 g/mol. The minimum atomic E-state index is -0.619. The summed E-state index contributed by atoms with van der Waals surface area (Å²) in [6, 6.07) is 10.6. The molecule has 0 radical (unpaired) electrons. The van der Waals surface area contributed by atoms with Crippen LogP contribution in [0.2, 0.25) is 0 Å². The summed E-state index contributed by atoms with van der Waals surface area (Å²) in [5.74, 6) is 1.45. The second kappa shape index (κ2) is 5.37. The number of aryl methyl sites for hydroxylation is 1. The van der Waals surface area contributed by atoms with Crippen molar-refractivity contribution in [2.24, 2.45) is 7.05 Å². The van der Waals surface area contributed by atoms with E-state index >= 15 is 0 Å². The third kappa shape index (κ3) is 2.75. The van der Waals surface area contributed by atoms with Crippen LogP contribution in [0.25, 0.3) is 0 Å². The van der Waals surface area contributed by atoms with Crippen LogP contribution < -0.4 is 0 Å². The van der Waals surface area contributed by atoms with Crippen LogP contribution in [0.5, 0.6) is 0 Å². The second-order valence-corrected chi connectivity index (χ2v) is 5.89. The van der Waals surface area contributed by atoms with Crippen LogP contribution in [0.15, 0.2) is 36.7 Å². The molecule has 0 saturated heterocycles. The first kappa shape index (κ1) is 13.3. The van der Waals surface area contributed by atoms with Gasteiger partial charge in [0.1, 0.15) is 12.2 Å². The molecule has 0 aliphatic heterocycles. The molecule has 2 aromatic rings. The zero-order valence-electron chi connectivity index (χ0n) is 11.9. The third-order valence-corrected chi connectivity index (χ3v) is 4.48. The van der Waals surface area contributed by atoms with Crippen molar-refractivity contribution in [3.63, 3.8) is 0 Å². The van der Waals surface area contributed by atoms with E-state index in [0.717, 1.165) is 31.5 Å². The van der Waals surface area contributed by atoms with Crippen LogP contribution in [0.3, 0.4) is 0 Å². The van der Waals surface area contributed by atoms with Gasteiger partial charge in [-0.15, -0.1) is 0 Å². The fourth-order valence-corrected chi connectivity index (χ4v) is 3.16. The number of aromatic nitrogens is 3. The summed E-state index contributed by atoms with van der Waals surface area (Å²) in [4.78, 5) is 4.22. The third-order valence-electron chi connectivity index (χ3n) is 4.48. The summed E-state index contributed by atoms with van der Waals surface area (Å²) in [7, 11) is 1.88. The van der Waals surface area contributed by atoms with E-state index in [0.29, 0.717) is 12.3 Å². The largest absolute Gasteiger partial charge is 0.389 e. The van der Waals surface area contributed by atoms with Crippen molar-refractivity contribution in [1.29, 1.82) is 0 Å². The molecule has 1 aromatic heterocycles. The van der Waals surface area contributed by atoms with E-state index in [2.05, 4.69) is 40.4 Å². The van der Waals surface area contributed by atoms with E-state index in [1.54, 1.807) is 11.0 Å². The molecule has 1 fully saturated rings. The van der Waals surface area contributed by atoms with E-state index in [9.17, 15) is 5.11 Å². The molecule has 1 heterocycles. The molecule has 0 spiro atoms. The van der Waals surface area contributed by atoms with Crippen molar-refractivity contribution >= 4 is 0 Å². The highest BCUT2D eigenvalue weighted by Gasteiger charge is 2.34. The Hall–Kier alpha value is -1.68. The highest BCUT2D eigenvalue weighted by atomic mass is 16.3. The maximum atomic E-state index is 10.8. The number of rotatable bonds is 3. The number of nitrogens with zero attached hydrogens (tertiary/aromatic N) is 3. The smallest absolute Gasteiger partial charge is 0.138 e. The Kier molecular flexibility index (Phi) is 3.57. The van der Waals surface area contributed by atoms with E-state index < -0.39 is 5.60 Å². The predicted octanol–water partition coefficient (Wildman–Crippen LogP) is 2.45. The highest BCUT2D eigenvalue weighted by molar-refractivity contribution is 5.20. The van der Waals surface area contributed by atoms with Crippen molar-refractivity contribution in [1.82, 2.24) is 14.8 Å². The molecule has 3 rings (SSSR count). The molecular weight excluding hydrogens is 250 g/mol. The summed E-state index contributed by atoms with van der Waals surface area (Å²) < 4.78 is 1.75. The van der Waals surface area contributed by atoms with Gasteiger partial charge in [-0.25, -0.2) is 4.98 Å². The summed E-state index contributed by atoms with van der Waals surface area (Å²) in [6.45, 7) is 0. The van der Waals surface area contributed by atoms with Crippen molar-refractivity contribution in [3.05, 3.63) is 48.0 Å². The standard InChI is InChI=1S/C16H21N3O/c1-19-15(17-12-18-19)11-16(20)9-7-14(8-10-16)13-5-3-2-4-6-13/h2-6,12,14,20H,7-11H2,1H3. The van der Waals surface area contributed by atoms with Gasteiger partial charge in [-0.1, -0.05) is 30.3 Å². The molecule has 1 aromatic carbocycles. The summed E-state index contributed by atoms with van der Waals surface area (Å²) in [5.41, 5.74) is 0.778. The van der Waals surface area contributed by atoms with Crippen LogP contribution in [0.4, 0.5) is 0 Å². The normalized spacial score (nSPS) is 26.6. The van der Waals surface area contributed by atoms with Crippen LogP contribution in [0, 0.1) is 0 Å². The minimum absolute atomic E-state index is 0.580. The van der Waals surface area contributed by atoms with E-state index in [1.165, 1.54) is 5.56 Å². The average Bonchev–Trinajstić information content (AvgIpc) is 2.85. The summed E-state index contributed by atoms with van der Waals surface area (Å²) in [5, 5.41) is 14.8. The molecule has 20 heavy (non-hydrogen) atoms. The van der Waals surface area contributed by atoms with Crippen LogP contribution >= 0.6 is 0 Å². The lowest BCUT2D eigenvalue weighted by atomic mass is 9.74. The van der Waals surface area contributed by atoms with Crippen LogP contribution in [-0.2, 0) is 13.5 Å². The first-order valence-corrected chi connectivity index (χ1v) is 7.26. The number of aliphatic hydroxyl groups is 1. The number of benzene rings is 1. The van der Waals surface area contributed by atoms with E-state index in [-0.39, 0.29) is 0 Å². The van der Waals surface area contributed by atoms with Crippen LogP contribution in [0.1, 0.15) is 43.0 Å². The van der Waals surface area contributed by atoms with Gasteiger partial charge in [-0.05, 0) is 37.2 Å². The zero-order valence-corrected chi connectivity index (χ0v) is 11.9. The minimum Gasteiger partial charge on any atom is -0.389 e. The molecule has 0 unspecified atom stereocenters. The fraction of sp³-hybridized carbons (Fsp3) is 0.500. The van der Waals surface area contributed by atoms with Gasteiger partial charge >= 0.3 is 0 Å². The monoisotopic (exact) mass is 271 g/mol. The highest BCUT2D eigenvalue weighted by Crippen LogP contribution is 2.39. The summed E-state index contributed by atoms with van der Waals surface area (Å²) in [6.07, 6.45) is 5.90. The first-order valence-electron chi connectivity index (χ1n) is 7.26. The van der Waals surface area contributed by atoms with E-state index in [4.69, 9.17) is 0 Å². The Labute approximate surface area is 119 Å². The van der Waals surface area contributed by atoms with Crippen molar-refractivity contribution in [2.75, 3.05) is 0 Å². The topological polar surface area (TPSA) is 50.9 Å². The van der Waals surface area contributed by atoms with Gasteiger partial charge in [0.05, 0.1) is 5.60 Å². The Balaban J connectivity index is 1.64. The number of hydrogen-bond acceptors (Lipinski definition) is 3. The molecule has 1 aliphatic carbocycles. The molecule has 4 heteroatoms. The molecule has 0 atom stereocenters. The van der Waals surface area contributed by atoms with E-state index in [1.807, 2.05) is 7.05 Å². The SMILES string of the molecule is Cn1ncnc1CC1(O)CCC(c2ccccc2)CC1. The van der Waals surface area contributed by atoms with Gasteiger partial charge in [0.2, 0.25) is 0 Å². The molecule has 1 saturated carbocycles. The van der Waals surface area contributed by atoms with Crippen LogP contribution in [-0.4, -0.2) is 25.5 Å². The second-order valence-electron chi connectivity index (χ2n) is 5.89. The Morgan fingerprint density at radius 1 is 1.25 bits per heavy atom. The molecular formula is C16H21N3O. The predicted molar refractivity (Wildman–Crippen MR) is 77.3 cm³/mol. The lowest BCUT2D eigenvalue weighted by molar-refractivity contribution is -0.00280. The molecule has 4 nitrogen and oxygen atoms in total.